The third kappa shape index (κ3) is 5.62. The van der Waals surface area contributed by atoms with Crippen molar-refractivity contribution in [1.29, 1.82) is 0 Å². The van der Waals surface area contributed by atoms with Crippen LogP contribution < -0.4 is 15.0 Å². The number of nitrogens with one attached hydrogen (secondary N) is 1. The quantitative estimate of drug-likeness (QED) is 0.295. The fourth-order valence-electron chi connectivity index (χ4n) is 5.66. The van der Waals surface area contributed by atoms with Gasteiger partial charge in [0, 0.05) is 31.7 Å². The van der Waals surface area contributed by atoms with Gasteiger partial charge in [0.2, 0.25) is 11.9 Å². The smallest absolute Gasteiger partial charge is 0.433 e. The second-order valence-corrected chi connectivity index (χ2v) is 10.4. The number of methoxy groups -OCH3 is 1. The van der Waals surface area contributed by atoms with Crippen molar-refractivity contribution >= 4 is 11.9 Å². The van der Waals surface area contributed by atoms with Gasteiger partial charge in [0.25, 0.3) is 0 Å². The topological polar surface area (TPSA) is 67.3 Å². The summed E-state index contributed by atoms with van der Waals surface area (Å²) in [4.78, 5) is 22.8. The normalized spacial score (nSPS) is 18.0. The van der Waals surface area contributed by atoms with Gasteiger partial charge in [-0.25, -0.2) is 9.97 Å². The second-order valence-electron chi connectivity index (χ2n) is 10.4. The molecule has 4 aromatic rings. The number of hydrogen-bond acceptors (Lipinski definition) is 5. The van der Waals surface area contributed by atoms with E-state index < -0.39 is 11.9 Å². The minimum Gasteiger partial charge on any atom is -0.497 e. The average molecular weight is 559 g/mol. The van der Waals surface area contributed by atoms with E-state index in [1.165, 1.54) is 5.56 Å². The van der Waals surface area contributed by atoms with E-state index in [0.29, 0.717) is 26.1 Å². The van der Waals surface area contributed by atoms with Gasteiger partial charge in [-0.05, 0) is 70.3 Å². The summed E-state index contributed by atoms with van der Waals surface area (Å²) in [6, 6.07) is 22.8. The van der Waals surface area contributed by atoms with Crippen molar-refractivity contribution in [2.24, 2.45) is 5.92 Å². The molecule has 6 rings (SSSR count). The molecule has 1 fully saturated rings. The first-order valence-electron chi connectivity index (χ1n) is 13.6. The van der Waals surface area contributed by atoms with Crippen LogP contribution in [0.3, 0.4) is 0 Å². The van der Waals surface area contributed by atoms with E-state index in [-0.39, 0.29) is 23.7 Å². The van der Waals surface area contributed by atoms with Crippen LogP contribution in [-0.4, -0.2) is 29.5 Å². The summed E-state index contributed by atoms with van der Waals surface area (Å²) in [6.45, 7) is 1.12. The highest BCUT2D eigenvalue weighted by Crippen LogP contribution is 2.47. The van der Waals surface area contributed by atoms with Gasteiger partial charge in [0.1, 0.15) is 11.4 Å². The van der Waals surface area contributed by atoms with Crippen LogP contribution in [0, 0.1) is 5.92 Å². The maximum atomic E-state index is 13.4. The summed E-state index contributed by atoms with van der Waals surface area (Å²) in [5.41, 5.74) is 5.21. The summed E-state index contributed by atoms with van der Waals surface area (Å²) < 4.78 is 45.5. The second kappa shape index (κ2) is 10.9. The molecule has 1 N–H and O–H groups in total. The van der Waals surface area contributed by atoms with Crippen LogP contribution in [0.2, 0.25) is 0 Å². The number of nitrogens with zero attached hydrogens (tertiary/aromatic N) is 3. The first kappa shape index (κ1) is 26.8. The van der Waals surface area contributed by atoms with E-state index in [0.717, 1.165) is 52.3 Å². The number of aromatic nitrogens is 2. The number of amides is 1. The number of halogens is 3. The first-order valence-corrected chi connectivity index (χ1v) is 13.6. The number of alkyl halides is 3. The molecule has 2 heterocycles. The Bertz CT molecular complexity index is 1580. The third-order valence-electron chi connectivity index (χ3n) is 7.91. The number of carbonyl (C=O) groups excluding carboxylic acids is 1. The molecule has 1 saturated carbocycles. The molecular weight excluding hydrogens is 529 g/mol. The lowest BCUT2D eigenvalue weighted by atomic mass is 9.87. The Labute approximate surface area is 236 Å². The van der Waals surface area contributed by atoms with Gasteiger partial charge in [-0.3, -0.25) is 4.79 Å². The van der Waals surface area contributed by atoms with Crippen LogP contribution in [0.4, 0.5) is 19.1 Å². The monoisotopic (exact) mass is 558 g/mol. The molecule has 0 radical (unpaired) electrons. The minimum absolute atomic E-state index is 0.0124. The molecular formula is C32H29F3N4O2. The van der Waals surface area contributed by atoms with E-state index in [9.17, 15) is 18.0 Å². The van der Waals surface area contributed by atoms with Gasteiger partial charge in [0.05, 0.1) is 7.11 Å². The van der Waals surface area contributed by atoms with E-state index >= 15 is 0 Å². The zero-order valence-electron chi connectivity index (χ0n) is 22.5. The van der Waals surface area contributed by atoms with Gasteiger partial charge in [-0.15, -0.1) is 0 Å². The molecule has 9 heteroatoms. The highest BCUT2D eigenvalue weighted by atomic mass is 19.4. The number of ether oxygens (including phenoxy) is 1. The van der Waals surface area contributed by atoms with Gasteiger partial charge in [-0.2, -0.15) is 13.2 Å². The van der Waals surface area contributed by atoms with Crippen molar-refractivity contribution in [3.8, 4) is 16.9 Å². The van der Waals surface area contributed by atoms with E-state index in [1.54, 1.807) is 12.0 Å². The summed E-state index contributed by atoms with van der Waals surface area (Å²) >= 11 is 0. The molecule has 0 saturated heterocycles. The van der Waals surface area contributed by atoms with Crippen molar-refractivity contribution in [3.63, 3.8) is 0 Å². The minimum atomic E-state index is -4.55. The number of fused-ring (bicyclic) bond motifs is 1. The number of anilines is 1. The first-order chi connectivity index (χ1) is 19.8. The molecule has 0 unspecified atom stereocenters. The highest BCUT2D eigenvalue weighted by molar-refractivity contribution is 5.83. The molecule has 1 amide bonds. The zero-order valence-corrected chi connectivity index (χ0v) is 22.5. The van der Waals surface area contributed by atoms with Gasteiger partial charge in [-0.1, -0.05) is 54.6 Å². The Morgan fingerprint density at radius 2 is 1.88 bits per heavy atom. The van der Waals surface area contributed by atoms with Gasteiger partial charge < -0.3 is 15.0 Å². The van der Waals surface area contributed by atoms with Crippen LogP contribution in [0.5, 0.6) is 5.75 Å². The molecule has 2 atom stereocenters. The maximum absolute atomic E-state index is 13.4. The molecule has 1 aliphatic carbocycles. The van der Waals surface area contributed by atoms with Crippen LogP contribution in [-0.2, 0) is 30.5 Å². The van der Waals surface area contributed by atoms with E-state index in [4.69, 9.17) is 4.74 Å². The largest absolute Gasteiger partial charge is 0.497 e. The Balaban J connectivity index is 1.28. The van der Waals surface area contributed by atoms with Gasteiger partial charge in [0.15, 0.2) is 0 Å². The molecule has 6 nitrogen and oxygen atoms in total. The lowest BCUT2D eigenvalue weighted by molar-refractivity contribution is -0.141. The molecule has 3 aromatic carbocycles. The Kier molecular flexibility index (Phi) is 7.11. The SMILES string of the molecule is COc1cccc(-c2ccc(CNC(=O)[C@@H]3C[C@H]3c3ccccc3)c3c2CCN(c2nccc(C(F)(F)F)n2)C3)c1. The fourth-order valence-corrected chi connectivity index (χ4v) is 5.66. The molecule has 0 spiro atoms. The van der Waals surface area contributed by atoms with Crippen molar-refractivity contribution in [1.82, 2.24) is 15.3 Å². The lowest BCUT2D eigenvalue weighted by Crippen LogP contribution is -2.34. The number of benzene rings is 3. The Morgan fingerprint density at radius 1 is 1.05 bits per heavy atom. The molecule has 2 aliphatic rings. The molecule has 210 valence electrons. The summed E-state index contributed by atoms with van der Waals surface area (Å²) in [5, 5.41) is 3.11. The van der Waals surface area contributed by atoms with Crippen LogP contribution in [0.25, 0.3) is 11.1 Å². The fraction of sp³-hybridized carbons (Fsp3) is 0.281. The van der Waals surface area contributed by atoms with Gasteiger partial charge >= 0.3 is 6.18 Å². The third-order valence-corrected chi connectivity index (χ3v) is 7.91. The lowest BCUT2D eigenvalue weighted by Gasteiger charge is -2.32. The van der Waals surface area contributed by atoms with Crippen LogP contribution in [0.1, 0.15) is 40.3 Å². The Morgan fingerprint density at radius 3 is 2.66 bits per heavy atom. The summed E-state index contributed by atoms with van der Waals surface area (Å²) in [7, 11) is 1.62. The Hall–Kier alpha value is -4.40. The molecule has 41 heavy (non-hydrogen) atoms. The van der Waals surface area contributed by atoms with Crippen LogP contribution in [0.15, 0.2) is 79.0 Å². The predicted molar refractivity (Wildman–Crippen MR) is 149 cm³/mol. The molecule has 1 aliphatic heterocycles. The maximum Gasteiger partial charge on any atom is 0.433 e. The number of hydrogen-bond donors (Lipinski definition) is 1. The number of carbonyl (C=O) groups is 1. The van der Waals surface area contributed by atoms with E-state index in [1.807, 2.05) is 48.5 Å². The van der Waals surface area contributed by atoms with E-state index in [2.05, 4.69) is 33.5 Å². The van der Waals surface area contributed by atoms with Crippen molar-refractivity contribution in [2.75, 3.05) is 18.6 Å². The molecule has 1 aromatic heterocycles. The predicted octanol–water partition coefficient (Wildman–Crippen LogP) is 6.15. The van der Waals surface area contributed by atoms with Crippen molar-refractivity contribution < 1.29 is 22.7 Å². The number of rotatable bonds is 7. The molecule has 0 bridgehead atoms. The average Bonchev–Trinajstić information content (AvgIpc) is 3.81. The summed E-state index contributed by atoms with van der Waals surface area (Å²) in [5.74, 6) is 0.961. The van der Waals surface area contributed by atoms with Crippen molar-refractivity contribution in [2.45, 2.75) is 38.0 Å². The highest BCUT2D eigenvalue weighted by Gasteiger charge is 2.43. The summed E-state index contributed by atoms with van der Waals surface area (Å²) in [6.07, 6.45) is -2.00. The zero-order chi connectivity index (χ0) is 28.6. The van der Waals surface area contributed by atoms with Crippen molar-refractivity contribution in [3.05, 3.63) is 107 Å². The van der Waals surface area contributed by atoms with Crippen LogP contribution >= 0.6 is 0 Å². The standard InChI is InChI=1S/C32H29F3N4O2/c1-41-23-9-5-8-21(16-23)24-11-10-22(18-37-30(40)27-17-26(27)20-6-3-2-4-7-20)28-19-39(15-13-25(24)28)31-36-14-12-29(38-31)32(33,34)35/h2-12,14,16,26-27H,13,15,17-19H2,1H3,(H,37,40)/t26-,27+/m0/s1.